The van der Waals surface area contributed by atoms with Crippen LogP contribution >= 0.6 is 0 Å². The minimum atomic E-state index is -2.89. The fourth-order valence-corrected chi connectivity index (χ4v) is 3.31. The van der Waals surface area contributed by atoms with E-state index in [1.807, 2.05) is 0 Å². The number of rotatable bonds is 2. The van der Waals surface area contributed by atoms with Gasteiger partial charge in [0.15, 0.2) is 0 Å². The third kappa shape index (κ3) is 2.24. The standard InChI is InChI=1S/C9H12N2O4S/c12-9(13)7-5-10-8(11-7)6-1-3-16(14,15)4-2-6/h5-6H,1-4H2,(H,10,11)(H,12,13). The van der Waals surface area contributed by atoms with Crippen LogP contribution in [0.4, 0.5) is 0 Å². The summed E-state index contributed by atoms with van der Waals surface area (Å²) in [6.07, 6.45) is 2.28. The molecule has 1 aromatic rings. The Labute approximate surface area is 92.6 Å². The van der Waals surface area contributed by atoms with Gasteiger partial charge < -0.3 is 10.1 Å². The van der Waals surface area contributed by atoms with Gasteiger partial charge in [0.25, 0.3) is 0 Å². The van der Waals surface area contributed by atoms with E-state index >= 15 is 0 Å². The highest BCUT2D eigenvalue weighted by atomic mass is 32.2. The van der Waals surface area contributed by atoms with Crippen molar-refractivity contribution in [2.75, 3.05) is 11.5 Å². The van der Waals surface area contributed by atoms with Crippen LogP contribution in [0.2, 0.25) is 0 Å². The molecular weight excluding hydrogens is 232 g/mol. The Kier molecular flexibility index (Phi) is 2.71. The van der Waals surface area contributed by atoms with Gasteiger partial charge in [-0.3, -0.25) is 0 Å². The number of H-pyrrole nitrogens is 1. The summed E-state index contributed by atoms with van der Waals surface area (Å²) >= 11 is 0. The fourth-order valence-electron chi connectivity index (χ4n) is 1.82. The van der Waals surface area contributed by atoms with E-state index in [0.717, 1.165) is 0 Å². The van der Waals surface area contributed by atoms with Crippen LogP contribution in [0, 0.1) is 0 Å². The molecule has 6 nitrogen and oxygen atoms in total. The lowest BCUT2D eigenvalue weighted by molar-refractivity contribution is 0.0691. The molecule has 0 aliphatic carbocycles. The molecular formula is C9H12N2O4S. The van der Waals surface area contributed by atoms with E-state index in [-0.39, 0.29) is 23.1 Å². The number of hydrogen-bond acceptors (Lipinski definition) is 4. The van der Waals surface area contributed by atoms with Crippen LogP contribution in [0.1, 0.15) is 35.1 Å². The van der Waals surface area contributed by atoms with Crippen molar-refractivity contribution in [3.63, 3.8) is 0 Å². The highest BCUT2D eigenvalue weighted by Gasteiger charge is 2.26. The molecule has 1 aliphatic rings. The van der Waals surface area contributed by atoms with Gasteiger partial charge in [0.1, 0.15) is 21.4 Å². The van der Waals surface area contributed by atoms with Crippen molar-refractivity contribution in [3.05, 3.63) is 17.7 Å². The van der Waals surface area contributed by atoms with Crippen molar-refractivity contribution in [2.45, 2.75) is 18.8 Å². The molecule has 88 valence electrons. The third-order valence-electron chi connectivity index (χ3n) is 2.77. The van der Waals surface area contributed by atoms with Crippen molar-refractivity contribution in [1.82, 2.24) is 9.97 Å². The van der Waals surface area contributed by atoms with Crippen LogP contribution in [0.15, 0.2) is 6.20 Å². The van der Waals surface area contributed by atoms with Gasteiger partial charge in [-0.15, -0.1) is 0 Å². The molecule has 2 N–H and O–H groups in total. The van der Waals surface area contributed by atoms with Gasteiger partial charge in [0.2, 0.25) is 0 Å². The number of sulfone groups is 1. The molecule has 0 bridgehead atoms. The first-order valence-electron chi connectivity index (χ1n) is 4.96. The number of aromatic carboxylic acids is 1. The Hall–Kier alpha value is -1.37. The lowest BCUT2D eigenvalue weighted by Gasteiger charge is -2.19. The molecule has 7 heteroatoms. The normalized spacial score (nSPS) is 20.8. The monoisotopic (exact) mass is 244 g/mol. The van der Waals surface area contributed by atoms with Crippen LogP contribution in [0.25, 0.3) is 0 Å². The minimum absolute atomic E-state index is 0.0247. The number of hydrogen-bond donors (Lipinski definition) is 2. The second-order valence-electron chi connectivity index (χ2n) is 3.91. The Morgan fingerprint density at radius 2 is 2.06 bits per heavy atom. The second kappa shape index (κ2) is 3.89. The van der Waals surface area contributed by atoms with Crippen molar-refractivity contribution in [3.8, 4) is 0 Å². The summed E-state index contributed by atoms with van der Waals surface area (Å²) in [4.78, 5) is 17.3. The van der Waals surface area contributed by atoms with E-state index in [0.29, 0.717) is 18.7 Å². The van der Waals surface area contributed by atoms with Gasteiger partial charge in [0.05, 0.1) is 17.7 Å². The smallest absolute Gasteiger partial charge is 0.353 e. The van der Waals surface area contributed by atoms with Gasteiger partial charge in [-0.2, -0.15) is 0 Å². The number of imidazole rings is 1. The molecule has 0 atom stereocenters. The first kappa shape index (κ1) is 11.1. The highest BCUT2D eigenvalue weighted by Crippen LogP contribution is 2.26. The van der Waals surface area contributed by atoms with Crippen molar-refractivity contribution in [2.24, 2.45) is 0 Å². The Morgan fingerprint density at radius 1 is 1.44 bits per heavy atom. The van der Waals surface area contributed by atoms with Gasteiger partial charge >= 0.3 is 5.97 Å². The average molecular weight is 244 g/mol. The molecule has 0 unspecified atom stereocenters. The van der Waals surface area contributed by atoms with Crippen LogP contribution in [-0.4, -0.2) is 41.0 Å². The molecule has 16 heavy (non-hydrogen) atoms. The fraction of sp³-hybridized carbons (Fsp3) is 0.556. The summed E-state index contributed by atoms with van der Waals surface area (Å²) in [5.74, 6) is -0.146. The number of carboxylic acids is 1. The van der Waals surface area contributed by atoms with E-state index in [4.69, 9.17) is 5.11 Å². The minimum Gasteiger partial charge on any atom is -0.477 e. The topological polar surface area (TPSA) is 100 Å². The van der Waals surface area contributed by atoms with Crippen LogP contribution < -0.4 is 0 Å². The molecule has 1 fully saturated rings. The van der Waals surface area contributed by atoms with Crippen molar-refractivity contribution >= 4 is 15.8 Å². The number of carbonyl (C=O) groups is 1. The summed E-state index contributed by atoms with van der Waals surface area (Å²) in [6.45, 7) is 0. The van der Waals surface area contributed by atoms with Crippen molar-refractivity contribution in [1.29, 1.82) is 0 Å². The largest absolute Gasteiger partial charge is 0.477 e. The second-order valence-corrected chi connectivity index (χ2v) is 6.22. The summed E-state index contributed by atoms with van der Waals surface area (Å²) in [7, 11) is -2.89. The van der Waals surface area contributed by atoms with Gasteiger partial charge in [0, 0.05) is 5.92 Å². The van der Waals surface area contributed by atoms with Crippen LogP contribution in [-0.2, 0) is 9.84 Å². The molecule has 1 saturated heterocycles. The Balaban J connectivity index is 2.11. The van der Waals surface area contributed by atoms with E-state index < -0.39 is 15.8 Å². The van der Waals surface area contributed by atoms with Gasteiger partial charge in [-0.05, 0) is 12.8 Å². The Morgan fingerprint density at radius 3 is 2.56 bits per heavy atom. The predicted molar refractivity (Wildman–Crippen MR) is 56.2 cm³/mol. The molecule has 0 amide bonds. The number of aromatic amines is 1. The van der Waals surface area contributed by atoms with E-state index in [1.54, 1.807) is 0 Å². The first-order valence-corrected chi connectivity index (χ1v) is 6.79. The number of aromatic nitrogens is 2. The summed E-state index contributed by atoms with van der Waals surface area (Å²) in [5.41, 5.74) is 0.0448. The van der Waals surface area contributed by atoms with Crippen molar-refractivity contribution < 1.29 is 18.3 Å². The molecule has 1 aliphatic heterocycles. The average Bonchev–Trinajstić information content (AvgIpc) is 2.66. The van der Waals surface area contributed by atoms with Crippen LogP contribution in [0.5, 0.6) is 0 Å². The van der Waals surface area contributed by atoms with Gasteiger partial charge in [-0.1, -0.05) is 0 Å². The lowest BCUT2D eigenvalue weighted by Crippen LogP contribution is -2.22. The zero-order chi connectivity index (χ0) is 11.8. The molecule has 0 radical (unpaired) electrons. The maximum Gasteiger partial charge on any atom is 0.353 e. The molecule has 1 aromatic heterocycles. The summed E-state index contributed by atoms with van der Waals surface area (Å²) < 4.78 is 22.4. The predicted octanol–water partition coefficient (Wildman–Crippen LogP) is 0.400. The number of carboxylic acid groups (broad SMARTS) is 1. The van der Waals surface area contributed by atoms with E-state index in [1.165, 1.54) is 6.20 Å². The zero-order valence-electron chi connectivity index (χ0n) is 8.51. The SMILES string of the molecule is O=C(O)c1cnc(C2CCS(=O)(=O)CC2)[nH]1. The highest BCUT2D eigenvalue weighted by molar-refractivity contribution is 7.91. The third-order valence-corrected chi connectivity index (χ3v) is 4.48. The molecule has 0 saturated carbocycles. The molecule has 0 aromatic carbocycles. The van der Waals surface area contributed by atoms with Gasteiger partial charge in [-0.25, -0.2) is 18.2 Å². The molecule has 2 heterocycles. The molecule has 0 spiro atoms. The quantitative estimate of drug-likeness (QED) is 0.784. The first-order chi connectivity index (χ1) is 7.48. The van der Waals surface area contributed by atoms with E-state index in [2.05, 4.69) is 9.97 Å². The number of nitrogens with zero attached hydrogens (tertiary/aromatic N) is 1. The Bertz CT molecular complexity index is 491. The number of nitrogens with one attached hydrogen (secondary N) is 1. The van der Waals surface area contributed by atoms with Crippen LogP contribution in [0.3, 0.4) is 0 Å². The zero-order valence-corrected chi connectivity index (χ0v) is 9.33. The maximum atomic E-state index is 11.2. The van der Waals surface area contributed by atoms with E-state index in [9.17, 15) is 13.2 Å². The summed E-state index contributed by atoms with van der Waals surface area (Å²) in [5, 5.41) is 8.71. The lowest BCUT2D eigenvalue weighted by atomic mass is 10.0. The maximum absolute atomic E-state index is 11.2. The molecule has 2 rings (SSSR count). The summed E-state index contributed by atoms with van der Waals surface area (Å²) in [6, 6.07) is 0.